The number of hydrogen-bond donors (Lipinski definition) is 0. The van der Waals surface area contributed by atoms with Crippen molar-refractivity contribution in [3.8, 4) is 0 Å². The minimum atomic E-state index is 0.411. The van der Waals surface area contributed by atoms with Crippen molar-refractivity contribution in [3.05, 3.63) is 0 Å². The Kier molecular flexibility index (Phi) is 10.1. The van der Waals surface area contributed by atoms with Gasteiger partial charge in [0.15, 0.2) is 0 Å². The van der Waals surface area contributed by atoms with Crippen LogP contribution in [0.2, 0.25) is 0 Å². The van der Waals surface area contributed by atoms with Gasteiger partial charge in [-0.05, 0) is 25.2 Å². The number of rotatable bonds is 12. The summed E-state index contributed by atoms with van der Waals surface area (Å²) < 4.78 is 0. The van der Waals surface area contributed by atoms with Crippen molar-refractivity contribution in [2.24, 2.45) is 11.8 Å². The molecule has 118 valence electrons. The minimum absolute atomic E-state index is 0.411. The van der Waals surface area contributed by atoms with Crippen molar-refractivity contribution >= 4 is 5.78 Å². The highest BCUT2D eigenvalue weighted by molar-refractivity contribution is 5.81. The predicted molar refractivity (Wildman–Crippen MR) is 88.0 cm³/mol. The average molecular weight is 280 g/mol. The van der Waals surface area contributed by atoms with E-state index in [1.807, 2.05) is 0 Å². The van der Waals surface area contributed by atoms with Gasteiger partial charge in [0.05, 0.1) is 0 Å². The smallest absolute Gasteiger partial charge is 0.136 e. The highest BCUT2D eigenvalue weighted by Crippen LogP contribution is 2.32. The first-order valence-corrected chi connectivity index (χ1v) is 9.28. The fourth-order valence-corrected chi connectivity index (χ4v) is 3.60. The summed E-state index contributed by atoms with van der Waals surface area (Å²) in [6.07, 6.45) is 18.1. The van der Waals surface area contributed by atoms with Crippen LogP contribution in [-0.4, -0.2) is 5.78 Å². The van der Waals surface area contributed by atoms with E-state index in [1.54, 1.807) is 0 Å². The number of Topliss-reactive ketones (excluding diaryl/α,β-unsaturated/α-hetero) is 1. The molecule has 0 heterocycles. The molecule has 1 saturated carbocycles. The number of carbonyl (C=O) groups is 1. The average Bonchev–Trinajstić information content (AvgIpc) is 2.87. The van der Waals surface area contributed by atoms with Crippen LogP contribution < -0.4 is 0 Å². The van der Waals surface area contributed by atoms with E-state index < -0.39 is 0 Å². The molecule has 0 amide bonds. The molecule has 0 aromatic rings. The SMILES string of the molecule is CCCCCCCCCCCCC(=O)C1CCCC1C. The fraction of sp³-hybridized carbons (Fsp3) is 0.947. The van der Waals surface area contributed by atoms with E-state index in [9.17, 15) is 4.79 Å². The van der Waals surface area contributed by atoms with Crippen LogP contribution >= 0.6 is 0 Å². The van der Waals surface area contributed by atoms with E-state index in [-0.39, 0.29) is 0 Å². The molecule has 1 aliphatic rings. The second-order valence-electron chi connectivity index (χ2n) is 6.91. The molecule has 0 N–H and O–H groups in total. The van der Waals surface area contributed by atoms with E-state index in [4.69, 9.17) is 0 Å². The lowest BCUT2D eigenvalue weighted by molar-refractivity contribution is -0.123. The molecule has 0 radical (unpaired) electrons. The van der Waals surface area contributed by atoms with Crippen molar-refractivity contribution in [2.75, 3.05) is 0 Å². The Balaban J connectivity index is 1.86. The summed E-state index contributed by atoms with van der Waals surface area (Å²) in [5, 5.41) is 0. The summed E-state index contributed by atoms with van der Waals surface area (Å²) in [6, 6.07) is 0. The molecule has 2 unspecified atom stereocenters. The molecule has 1 aliphatic carbocycles. The Labute approximate surface area is 126 Å². The molecule has 20 heavy (non-hydrogen) atoms. The molecule has 0 saturated heterocycles. The molecule has 1 rings (SSSR count). The molecule has 1 nitrogen and oxygen atoms in total. The number of ketones is 1. The minimum Gasteiger partial charge on any atom is -0.299 e. The molecule has 2 atom stereocenters. The van der Waals surface area contributed by atoms with Crippen molar-refractivity contribution in [1.82, 2.24) is 0 Å². The highest BCUT2D eigenvalue weighted by Gasteiger charge is 2.28. The Morgan fingerprint density at radius 3 is 1.90 bits per heavy atom. The summed E-state index contributed by atoms with van der Waals surface area (Å²) in [6.45, 7) is 4.53. The van der Waals surface area contributed by atoms with Gasteiger partial charge in [0.1, 0.15) is 5.78 Å². The van der Waals surface area contributed by atoms with Gasteiger partial charge in [0, 0.05) is 12.3 Å². The maximum absolute atomic E-state index is 12.1. The van der Waals surface area contributed by atoms with Crippen LogP contribution in [0.1, 0.15) is 104 Å². The number of unbranched alkanes of at least 4 members (excludes halogenated alkanes) is 9. The Morgan fingerprint density at radius 2 is 1.40 bits per heavy atom. The summed E-state index contributed by atoms with van der Waals surface area (Å²) in [5.74, 6) is 1.63. The molecule has 0 aliphatic heterocycles. The first kappa shape index (κ1) is 17.7. The lowest BCUT2D eigenvalue weighted by Crippen LogP contribution is -2.16. The van der Waals surface area contributed by atoms with E-state index in [1.165, 1.54) is 70.6 Å². The number of hydrogen-bond acceptors (Lipinski definition) is 1. The van der Waals surface area contributed by atoms with Crippen molar-refractivity contribution in [3.63, 3.8) is 0 Å². The molecule has 0 aromatic heterocycles. The van der Waals surface area contributed by atoms with Gasteiger partial charge in [-0.15, -0.1) is 0 Å². The molecular formula is C19H36O. The summed E-state index contributed by atoms with van der Waals surface area (Å²) in [5.41, 5.74) is 0. The third-order valence-corrected chi connectivity index (χ3v) is 5.05. The van der Waals surface area contributed by atoms with Crippen LogP contribution in [-0.2, 0) is 4.79 Å². The quantitative estimate of drug-likeness (QED) is 0.383. The van der Waals surface area contributed by atoms with E-state index in [0.717, 1.165) is 19.3 Å². The van der Waals surface area contributed by atoms with Crippen molar-refractivity contribution < 1.29 is 4.79 Å². The highest BCUT2D eigenvalue weighted by atomic mass is 16.1. The molecule has 1 fully saturated rings. The maximum atomic E-state index is 12.1. The first-order valence-electron chi connectivity index (χ1n) is 9.28. The van der Waals surface area contributed by atoms with Gasteiger partial charge in [0.25, 0.3) is 0 Å². The predicted octanol–water partition coefficient (Wildman–Crippen LogP) is 6.30. The van der Waals surface area contributed by atoms with Gasteiger partial charge in [-0.2, -0.15) is 0 Å². The standard InChI is InChI=1S/C19H36O/c1-3-4-5-6-7-8-9-10-11-12-16-19(20)18-15-13-14-17(18)2/h17-18H,3-16H2,1-2H3. The normalized spacial score (nSPS) is 22.3. The van der Waals surface area contributed by atoms with Crippen LogP contribution in [0, 0.1) is 11.8 Å². The summed E-state index contributed by atoms with van der Waals surface area (Å²) >= 11 is 0. The van der Waals surface area contributed by atoms with E-state index >= 15 is 0 Å². The van der Waals surface area contributed by atoms with Gasteiger partial charge in [-0.3, -0.25) is 4.79 Å². The molecule has 0 spiro atoms. The topological polar surface area (TPSA) is 17.1 Å². The van der Waals surface area contributed by atoms with Crippen LogP contribution in [0.25, 0.3) is 0 Å². The molecular weight excluding hydrogens is 244 g/mol. The van der Waals surface area contributed by atoms with Crippen LogP contribution in [0.15, 0.2) is 0 Å². The molecule has 0 bridgehead atoms. The Morgan fingerprint density at radius 1 is 0.850 bits per heavy atom. The summed E-state index contributed by atoms with van der Waals surface area (Å²) in [4.78, 5) is 12.1. The zero-order valence-corrected chi connectivity index (χ0v) is 14.0. The number of carbonyl (C=O) groups excluding carboxylic acids is 1. The van der Waals surface area contributed by atoms with Gasteiger partial charge >= 0.3 is 0 Å². The maximum Gasteiger partial charge on any atom is 0.136 e. The van der Waals surface area contributed by atoms with E-state index in [0.29, 0.717) is 17.6 Å². The first-order chi connectivity index (χ1) is 9.75. The molecule has 0 aromatic carbocycles. The lowest BCUT2D eigenvalue weighted by atomic mass is 9.90. The Hall–Kier alpha value is -0.330. The monoisotopic (exact) mass is 280 g/mol. The third kappa shape index (κ3) is 7.45. The second-order valence-corrected chi connectivity index (χ2v) is 6.91. The second kappa shape index (κ2) is 11.3. The zero-order chi connectivity index (χ0) is 14.6. The lowest BCUT2D eigenvalue weighted by Gasteiger charge is -2.13. The van der Waals surface area contributed by atoms with E-state index in [2.05, 4.69) is 13.8 Å². The van der Waals surface area contributed by atoms with Crippen LogP contribution in [0.3, 0.4) is 0 Å². The van der Waals surface area contributed by atoms with Crippen LogP contribution in [0.5, 0.6) is 0 Å². The van der Waals surface area contributed by atoms with Crippen molar-refractivity contribution in [1.29, 1.82) is 0 Å². The van der Waals surface area contributed by atoms with Gasteiger partial charge in [-0.1, -0.05) is 78.1 Å². The van der Waals surface area contributed by atoms with Crippen molar-refractivity contribution in [2.45, 2.75) is 104 Å². The Bertz CT molecular complexity index is 246. The largest absolute Gasteiger partial charge is 0.299 e. The van der Waals surface area contributed by atoms with Gasteiger partial charge in [0.2, 0.25) is 0 Å². The van der Waals surface area contributed by atoms with Crippen LogP contribution in [0.4, 0.5) is 0 Å². The molecule has 1 heteroatoms. The fourth-order valence-electron chi connectivity index (χ4n) is 3.60. The zero-order valence-electron chi connectivity index (χ0n) is 14.0. The van der Waals surface area contributed by atoms with Gasteiger partial charge in [-0.25, -0.2) is 0 Å². The summed E-state index contributed by atoms with van der Waals surface area (Å²) in [7, 11) is 0. The van der Waals surface area contributed by atoms with Gasteiger partial charge < -0.3 is 0 Å². The third-order valence-electron chi connectivity index (χ3n) is 5.05.